The molecule has 0 N–H and O–H groups in total. The van der Waals surface area contributed by atoms with Gasteiger partial charge >= 0.3 is 0 Å². The molecule has 0 fully saturated rings. The fourth-order valence-electron chi connectivity index (χ4n) is 9.04. The van der Waals surface area contributed by atoms with Crippen LogP contribution in [0.4, 0.5) is 22.0 Å². The standard InChI is InChI=1S/C49H22F5N3O2/c50-41-40(42(51)44(53)45(54)43(41)52)33-22-36(56-34-13-5-1-9-25(34)29-17-19-31-27-11-3-7-15-38(27)58-48(31)46(29)56)24(23-55)21-37(33)57-35-14-6-2-10-26(35)30-18-20-32-28-12-4-8-16-39(28)59-49(32)47(30)57/h1-22H. The van der Waals surface area contributed by atoms with Crippen LogP contribution in [0.15, 0.2) is 142 Å². The van der Waals surface area contributed by atoms with Gasteiger partial charge in [0.2, 0.25) is 5.82 Å². The highest BCUT2D eigenvalue weighted by Crippen LogP contribution is 2.46. The fraction of sp³-hybridized carbons (Fsp3) is 0. The molecule has 4 heterocycles. The summed E-state index contributed by atoms with van der Waals surface area (Å²) >= 11 is 0. The van der Waals surface area contributed by atoms with E-state index in [1.807, 2.05) is 109 Å². The zero-order valence-electron chi connectivity index (χ0n) is 30.2. The fourth-order valence-corrected chi connectivity index (χ4v) is 9.04. The summed E-state index contributed by atoms with van der Waals surface area (Å²) in [5.41, 5.74) is 2.96. The predicted molar refractivity (Wildman–Crippen MR) is 220 cm³/mol. The molecule has 0 amide bonds. The number of fused-ring (bicyclic) bond motifs is 14. The van der Waals surface area contributed by atoms with Crippen LogP contribution in [-0.4, -0.2) is 9.13 Å². The number of para-hydroxylation sites is 4. The van der Waals surface area contributed by atoms with Gasteiger partial charge in [-0.05, 0) is 48.5 Å². The molecule has 0 radical (unpaired) electrons. The summed E-state index contributed by atoms with van der Waals surface area (Å²) in [6.45, 7) is 0. The summed E-state index contributed by atoms with van der Waals surface area (Å²) in [7, 11) is 0. The van der Waals surface area contributed by atoms with E-state index in [-0.39, 0.29) is 22.5 Å². The SMILES string of the molecule is N#Cc1cc(-n2c3ccccc3c3ccc4c5ccccc5oc4c32)c(-c2c(F)c(F)c(F)c(F)c2F)cc1-n1c2ccccc2c2ccc3c4ccccc4oc3c21. The number of halogens is 5. The highest BCUT2D eigenvalue weighted by Gasteiger charge is 2.31. The molecule has 0 spiro atoms. The largest absolute Gasteiger partial charge is 0.454 e. The summed E-state index contributed by atoms with van der Waals surface area (Å²) in [4.78, 5) is 0. The van der Waals surface area contributed by atoms with Gasteiger partial charge in [-0.2, -0.15) is 5.26 Å². The maximum Gasteiger partial charge on any atom is 0.200 e. The van der Waals surface area contributed by atoms with E-state index in [0.717, 1.165) is 37.7 Å². The maximum absolute atomic E-state index is 16.4. The summed E-state index contributed by atoms with van der Waals surface area (Å²) in [5.74, 6) is -10.5. The van der Waals surface area contributed by atoms with Crippen LogP contribution in [-0.2, 0) is 0 Å². The molecule has 0 saturated heterocycles. The van der Waals surface area contributed by atoms with Crippen LogP contribution >= 0.6 is 0 Å². The first-order valence-corrected chi connectivity index (χ1v) is 18.6. The van der Waals surface area contributed by atoms with Crippen molar-refractivity contribution in [2.45, 2.75) is 0 Å². The number of rotatable bonds is 3. The van der Waals surface area contributed by atoms with Crippen molar-refractivity contribution in [2.24, 2.45) is 0 Å². The Hall–Kier alpha value is -7.90. The van der Waals surface area contributed by atoms with Crippen molar-refractivity contribution in [3.05, 3.63) is 168 Å². The first kappa shape index (κ1) is 33.3. The predicted octanol–water partition coefficient (Wildman–Crippen LogP) is 13.9. The van der Waals surface area contributed by atoms with Crippen LogP contribution in [0.25, 0.3) is 110 Å². The molecular weight excluding hydrogens is 758 g/mol. The monoisotopic (exact) mass is 779 g/mol. The third-order valence-electron chi connectivity index (χ3n) is 11.6. The number of aromatic nitrogens is 2. The molecular formula is C49H22F5N3O2. The van der Waals surface area contributed by atoms with E-state index < -0.39 is 34.6 Å². The molecule has 0 atom stereocenters. The topological polar surface area (TPSA) is 59.9 Å². The average molecular weight is 780 g/mol. The molecule has 12 aromatic rings. The second kappa shape index (κ2) is 11.8. The quantitative estimate of drug-likeness (QED) is 0.102. The Labute approximate surface area is 328 Å². The van der Waals surface area contributed by atoms with Gasteiger partial charge in [0.15, 0.2) is 34.4 Å². The molecule has 0 unspecified atom stereocenters. The van der Waals surface area contributed by atoms with E-state index in [0.29, 0.717) is 49.8 Å². The summed E-state index contributed by atoms with van der Waals surface area (Å²) in [6, 6.07) is 42.5. The number of furan rings is 2. The van der Waals surface area contributed by atoms with E-state index in [9.17, 15) is 9.65 Å². The van der Waals surface area contributed by atoms with Crippen LogP contribution in [0.1, 0.15) is 5.56 Å². The lowest BCUT2D eigenvalue weighted by atomic mass is 9.97. The number of hydrogen-bond acceptors (Lipinski definition) is 3. The van der Waals surface area contributed by atoms with Gasteiger partial charge in [0.05, 0.1) is 44.6 Å². The molecule has 59 heavy (non-hydrogen) atoms. The smallest absolute Gasteiger partial charge is 0.200 e. The Bertz CT molecular complexity index is 3850. The lowest BCUT2D eigenvalue weighted by Crippen LogP contribution is -2.09. The van der Waals surface area contributed by atoms with E-state index >= 15 is 17.6 Å². The van der Waals surface area contributed by atoms with Gasteiger partial charge in [-0.25, -0.2) is 22.0 Å². The number of benzene rings is 8. The van der Waals surface area contributed by atoms with Gasteiger partial charge < -0.3 is 18.0 Å². The Morgan fingerprint density at radius 2 is 0.847 bits per heavy atom. The van der Waals surface area contributed by atoms with Crippen LogP contribution in [0.3, 0.4) is 0 Å². The molecule has 0 bridgehead atoms. The van der Waals surface area contributed by atoms with Gasteiger partial charge in [-0.15, -0.1) is 0 Å². The molecule has 0 aliphatic heterocycles. The van der Waals surface area contributed by atoms with Crippen LogP contribution < -0.4 is 0 Å². The molecule has 5 nitrogen and oxygen atoms in total. The highest BCUT2D eigenvalue weighted by molar-refractivity contribution is 6.23. The van der Waals surface area contributed by atoms with E-state index in [1.165, 1.54) is 12.1 Å². The van der Waals surface area contributed by atoms with Gasteiger partial charge in [0.1, 0.15) is 17.2 Å². The summed E-state index contributed by atoms with van der Waals surface area (Å²) in [6.07, 6.45) is 0. The first-order chi connectivity index (χ1) is 28.8. The van der Waals surface area contributed by atoms with Gasteiger partial charge in [-0.1, -0.05) is 84.9 Å². The minimum atomic E-state index is -2.28. The first-order valence-electron chi connectivity index (χ1n) is 18.6. The van der Waals surface area contributed by atoms with Gasteiger partial charge in [-0.3, -0.25) is 0 Å². The lowest BCUT2D eigenvalue weighted by molar-refractivity contribution is 0.381. The second-order valence-corrected chi connectivity index (χ2v) is 14.5. The van der Waals surface area contributed by atoms with E-state index in [1.54, 1.807) is 21.3 Å². The average Bonchev–Trinajstić information content (AvgIpc) is 4.02. The highest BCUT2D eigenvalue weighted by atomic mass is 19.2. The third-order valence-corrected chi connectivity index (χ3v) is 11.6. The molecule has 8 aromatic carbocycles. The normalized spacial score (nSPS) is 12.1. The third kappa shape index (κ3) is 4.30. The van der Waals surface area contributed by atoms with Crippen molar-refractivity contribution in [3.8, 4) is 28.6 Å². The molecule has 12 rings (SSSR count). The molecule has 10 heteroatoms. The van der Waals surface area contributed by atoms with Crippen LogP contribution in [0.5, 0.6) is 0 Å². The Kier molecular flexibility index (Phi) is 6.66. The lowest BCUT2D eigenvalue weighted by Gasteiger charge is -2.20. The Morgan fingerprint density at radius 1 is 0.424 bits per heavy atom. The zero-order chi connectivity index (χ0) is 39.8. The van der Waals surface area contributed by atoms with Gasteiger partial charge in [0.25, 0.3) is 0 Å². The Balaban J connectivity index is 1.30. The van der Waals surface area contributed by atoms with Crippen molar-refractivity contribution in [2.75, 3.05) is 0 Å². The van der Waals surface area contributed by atoms with Crippen molar-refractivity contribution < 1.29 is 30.8 Å². The van der Waals surface area contributed by atoms with Crippen LogP contribution in [0, 0.1) is 40.4 Å². The van der Waals surface area contributed by atoms with Crippen molar-refractivity contribution in [3.63, 3.8) is 0 Å². The summed E-state index contributed by atoms with van der Waals surface area (Å²) < 4.78 is 94.7. The Morgan fingerprint density at radius 3 is 1.36 bits per heavy atom. The molecule has 0 saturated carbocycles. The number of nitriles is 1. The maximum atomic E-state index is 16.4. The van der Waals surface area contributed by atoms with E-state index in [4.69, 9.17) is 8.83 Å². The number of hydrogen-bond donors (Lipinski definition) is 0. The van der Waals surface area contributed by atoms with Crippen LogP contribution in [0.2, 0.25) is 0 Å². The van der Waals surface area contributed by atoms with Crippen molar-refractivity contribution >= 4 is 87.5 Å². The zero-order valence-corrected chi connectivity index (χ0v) is 30.2. The second-order valence-electron chi connectivity index (χ2n) is 14.5. The van der Waals surface area contributed by atoms with Gasteiger partial charge in [0, 0.05) is 48.7 Å². The molecule has 0 aliphatic carbocycles. The molecule has 280 valence electrons. The molecule has 4 aromatic heterocycles. The minimum Gasteiger partial charge on any atom is -0.454 e. The van der Waals surface area contributed by atoms with Crippen molar-refractivity contribution in [1.29, 1.82) is 5.26 Å². The molecule has 0 aliphatic rings. The summed E-state index contributed by atoms with van der Waals surface area (Å²) in [5, 5.41) is 17.2. The van der Waals surface area contributed by atoms with Crippen molar-refractivity contribution in [1.82, 2.24) is 9.13 Å². The minimum absolute atomic E-state index is 0.0117. The number of nitrogens with zero attached hydrogens (tertiary/aromatic N) is 3. The van der Waals surface area contributed by atoms with E-state index in [2.05, 4.69) is 6.07 Å².